The van der Waals surface area contributed by atoms with Crippen molar-refractivity contribution in [3.05, 3.63) is 35.2 Å². The first-order valence-electron chi connectivity index (χ1n) is 7.52. The van der Waals surface area contributed by atoms with E-state index in [0.29, 0.717) is 18.5 Å². The Morgan fingerprint density at radius 2 is 2.13 bits per heavy atom. The molecule has 1 aromatic carbocycles. The van der Waals surface area contributed by atoms with Crippen molar-refractivity contribution < 1.29 is 19.1 Å². The van der Waals surface area contributed by atoms with Gasteiger partial charge in [-0.1, -0.05) is 24.6 Å². The third kappa shape index (κ3) is 3.65. The van der Waals surface area contributed by atoms with Gasteiger partial charge in [-0.25, -0.2) is 0 Å². The Morgan fingerprint density at radius 3 is 2.83 bits per heavy atom. The molecule has 0 radical (unpaired) electrons. The van der Waals surface area contributed by atoms with Gasteiger partial charge in [0.1, 0.15) is 5.78 Å². The molecular weight excluding hydrogens is 335 g/mol. The summed E-state index contributed by atoms with van der Waals surface area (Å²) in [5.74, 6) is -1.64. The quantitative estimate of drug-likeness (QED) is 0.632. The summed E-state index contributed by atoms with van der Waals surface area (Å²) in [5, 5.41) is 8.20. The first kappa shape index (κ1) is 16.6. The normalized spacial score (nSPS) is 20.3. The van der Waals surface area contributed by atoms with Gasteiger partial charge >= 0.3 is 7.60 Å². The summed E-state index contributed by atoms with van der Waals surface area (Å²) >= 11 is 1.44. The van der Waals surface area contributed by atoms with E-state index in [-0.39, 0.29) is 0 Å². The third-order valence-electron chi connectivity index (χ3n) is 4.10. The van der Waals surface area contributed by atoms with Crippen molar-refractivity contribution in [2.75, 3.05) is 6.54 Å². The average Bonchev–Trinajstić information content (AvgIpc) is 2.96. The number of thiophene rings is 1. The van der Waals surface area contributed by atoms with Crippen LogP contribution in [0.3, 0.4) is 0 Å². The molecule has 0 aliphatic carbocycles. The predicted molar refractivity (Wildman–Crippen MR) is 90.8 cm³/mol. The minimum atomic E-state index is -4.45. The fourth-order valence-electron chi connectivity index (χ4n) is 2.93. The van der Waals surface area contributed by atoms with Crippen LogP contribution >= 0.6 is 18.9 Å². The molecule has 6 nitrogen and oxygen atoms in total. The number of carbonyl (C=O) groups is 1. The zero-order chi connectivity index (χ0) is 16.4. The number of fused-ring (bicyclic) bond motifs is 1. The molecule has 3 rings (SSSR count). The van der Waals surface area contributed by atoms with Crippen LogP contribution in [0.5, 0.6) is 0 Å². The predicted octanol–water partition coefficient (Wildman–Crippen LogP) is 2.28. The minimum Gasteiger partial charge on any atom is -0.337 e. The number of hydrogen-bond acceptors (Lipinski definition) is 4. The number of carbonyl (C=O) groups excluding carboxylic acids is 1. The molecule has 23 heavy (non-hydrogen) atoms. The number of piperidine rings is 1. The first-order chi connectivity index (χ1) is 11.0. The van der Waals surface area contributed by atoms with E-state index in [1.165, 1.54) is 11.3 Å². The second-order valence-corrected chi connectivity index (χ2v) is 8.36. The molecule has 2 atom stereocenters. The van der Waals surface area contributed by atoms with E-state index in [0.717, 1.165) is 22.9 Å². The lowest BCUT2D eigenvalue weighted by Crippen LogP contribution is -2.51. The Labute approximate surface area is 138 Å². The van der Waals surface area contributed by atoms with Crippen molar-refractivity contribution in [2.45, 2.75) is 31.1 Å². The molecule has 2 aromatic rings. The van der Waals surface area contributed by atoms with E-state index in [4.69, 9.17) is 0 Å². The van der Waals surface area contributed by atoms with Crippen molar-refractivity contribution in [2.24, 2.45) is 0 Å². The molecule has 124 valence electrons. The van der Waals surface area contributed by atoms with Gasteiger partial charge in [-0.3, -0.25) is 9.36 Å². The van der Waals surface area contributed by atoms with E-state index in [1.54, 1.807) is 5.38 Å². The Hall–Kier alpha value is -1.24. The summed E-state index contributed by atoms with van der Waals surface area (Å²) < 4.78 is 12.8. The van der Waals surface area contributed by atoms with Crippen LogP contribution in [0, 0.1) is 0 Å². The van der Waals surface area contributed by atoms with Crippen molar-refractivity contribution in [1.29, 1.82) is 0 Å². The molecule has 1 saturated heterocycles. The molecule has 2 unspecified atom stereocenters. The van der Waals surface area contributed by atoms with Crippen molar-refractivity contribution in [3.63, 3.8) is 0 Å². The molecule has 0 bridgehead atoms. The summed E-state index contributed by atoms with van der Waals surface area (Å²) in [4.78, 5) is 31.8. The van der Waals surface area contributed by atoms with Crippen LogP contribution in [0.25, 0.3) is 10.1 Å². The zero-order valence-corrected chi connectivity index (χ0v) is 14.1. The summed E-state index contributed by atoms with van der Waals surface area (Å²) in [6.07, 6.45) is 2.51. The van der Waals surface area contributed by atoms with E-state index < -0.39 is 25.3 Å². The van der Waals surface area contributed by atoms with Crippen LogP contribution in [-0.2, 0) is 4.57 Å². The van der Waals surface area contributed by atoms with Gasteiger partial charge in [-0.15, -0.1) is 11.3 Å². The van der Waals surface area contributed by atoms with Crippen LogP contribution in [0.15, 0.2) is 29.6 Å². The maximum absolute atomic E-state index is 12.5. The van der Waals surface area contributed by atoms with E-state index in [2.05, 4.69) is 10.6 Å². The van der Waals surface area contributed by atoms with Gasteiger partial charge in [0.25, 0.3) is 5.91 Å². The molecule has 1 aromatic heterocycles. The number of rotatable bonds is 4. The molecule has 0 spiro atoms. The van der Waals surface area contributed by atoms with Gasteiger partial charge < -0.3 is 20.4 Å². The Kier molecular flexibility index (Phi) is 4.85. The Morgan fingerprint density at radius 1 is 1.35 bits per heavy atom. The largest absolute Gasteiger partial charge is 0.349 e. The molecule has 0 saturated carbocycles. The number of nitrogens with one attached hydrogen (secondary N) is 2. The third-order valence-corrected chi connectivity index (χ3v) is 6.27. The summed E-state index contributed by atoms with van der Waals surface area (Å²) in [6, 6.07) is 7.09. The summed E-state index contributed by atoms with van der Waals surface area (Å²) in [5.41, 5.74) is 0.458. The van der Waals surface area contributed by atoms with Crippen LogP contribution in [0.2, 0.25) is 0 Å². The molecule has 8 heteroatoms. The lowest BCUT2D eigenvalue weighted by molar-refractivity contribution is 0.0935. The van der Waals surface area contributed by atoms with E-state index in [1.807, 2.05) is 24.3 Å². The summed E-state index contributed by atoms with van der Waals surface area (Å²) in [7, 11) is -4.45. The lowest BCUT2D eigenvalue weighted by Gasteiger charge is -2.32. The highest BCUT2D eigenvalue weighted by molar-refractivity contribution is 7.52. The van der Waals surface area contributed by atoms with E-state index in [9.17, 15) is 19.1 Å². The number of amides is 1. The number of hydrogen-bond donors (Lipinski definition) is 4. The average molecular weight is 354 g/mol. The van der Waals surface area contributed by atoms with Gasteiger partial charge in [0.05, 0.1) is 5.56 Å². The molecule has 1 amide bonds. The van der Waals surface area contributed by atoms with E-state index >= 15 is 0 Å². The molecule has 1 aliphatic heterocycles. The minimum absolute atomic E-state index is 0.404. The monoisotopic (exact) mass is 354 g/mol. The standard InChI is InChI=1S/C15H19N2O4PS/c18-14(11-9-23-13-7-2-1-5-10(11)13)17-15(22(19,20)21)12-6-3-4-8-16-12/h1-2,5,7,9,12,15-16H,3-4,6,8H2,(H,17,18)(H2,19,20,21). The van der Waals surface area contributed by atoms with Crippen LogP contribution in [-0.4, -0.2) is 34.1 Å². The highest BCUT2D eigenvalue weighted by Crippen LogP contribution is 2.43. The maximum atomic E-state index is 12.5. The Bertz CT molecular complexity index is 751. The first-order valence-corrected chi connectivity index (χ1v) is 10.1. The highest BCUT2D eigenvalue weighted by atomic mass is 32.1. The van der Waals surface area contributed by atoms with Gasteiger partial charge in [0.15, 0.2) is 0 Å². The molecule has 1 aliphatic rings. The van der Waals surface area contributed by atoms with Crippen molar-refractivity contribution in [1.82, 2.24) is 10.6 Å². The van der Waals surface area contributed by atoms with Crippen LogP contribution in [0.1, 0.15) is 29.6 Å². The second-order valence-electron chi connectivity index (χ2n) is 5.71. The SMILES string of the molecule is O=C(NC(C1CCCCN1)P(=O)(O)O)c1csc2ccccc12. The molecule has 1 fully saturated rings. The topological polar surface area (TPSA) is 98.7 Å². The highest BCUT2D eigenvalue weighted by Gasteiger charge is 2.38. The maximum Gasteiger partial charge on any atom is 0.349 e. The smallest absolute Gasteiger partial charge is 0.337 e. The molecule has 2 heterocycles. The fourth-order valence-corrected chi connectivity index (χ4v) is 4.88. The fraction of sp³-hybridized carbons (Fsp3) is 0.400. The zero-order valence-electron chi connectivity index (χ0n) is 12.4. The van der Waals surface area contributed by atoms with Crippen molar-refractivity contribution >= 4 is 34.9 Å². The Balaban J connectivity index is 1.84. The van der Waals surface area contributed by atoms with Gasteiger partial charge in [-0.2, -0.15) is 0 Å². The van der Waals surface area contributed by atoms with Gasteiger partial charge in [0, 0.05) is 21.5 Å². The second kappa shape index (κ2) is 6.71. The molecule has 4 N–H and O–H groups in total. The number of benzene rings is 1. The van der Waals surface area contributed by atoms with Gasteiger partial charge in [0.2, 0.25) is 0 Å². The summed E-state index contributed by atoms with van der Waals surface area (Å²) in [6.45, 7) is 0.707. The van der Waals surface area contributed by atoms with Crippen LogP contribution < -0.4 is 10.6 Å². The van der Waals surface area contributed by atoms with Crippen molar-refractivity contribution in [3.8, 4) is 0 Å². The lowest BCUT2D eigenvalue weighted by atomic mass is 10.0. The van der Waals surface area contributed by atoms with Crippen LogP contribution in [0.4, 0.5) is 0 Å². The van der Waals surface area contributed by atoms with Gasteiger partial charge in [-0.05, 0) is 25.5 Å². The molecular formula is C15H19N2O4PS.